The molecule has 1 aromatic heterocycles. The number of carbonyl (C=O) groups is 2. The number of carbonyl (C=O) groups excluding carboxylic acids is 2. The summed E-state index contributed by atoms with van der Waals surface area (Å²) in [6.07, 6.45) is 8.19. The van der Waals surface area contributed by atoms with E-state index >= 15 is 0 Å². The van der Waals surface area contributed by atoms with Crippen molar-refractivity contribution in [2.75, 3.05) is 16.8 Å². The molecule has 2 N–H and O–H groups in total. The minimum atomic E-state index is -0.0955. The molecule has 2 aliphatic rings. The fourth-order valence-corrected chi connectivity index (χ4v) is 4.50. The Balaban J connectivity index is 1.62. The minimum Gasteiger partial charge on any atom is -0.356 e. The van der Waals surface area contributed by atoms with Crippen LogP contribution in [-0.4, -0.2) is 34.9 Å². The van der Waals surface area contributed by atoms with E-state index in [1.807, 2.05) is 12.1 Å². The Kier molecular flexibility index (Phi) is 6.49. The summed E-state index contributed by atoms with van der Waals surface area (Å²) in [5, 5.41) is 6.15. The van der Waals surface area contributed by atoms with E-state index in [4.69, 9.17) is 4.98 Å². The highest BCUT2D eigenvalue weighted by Crippen LogP contribution is 2.31. The zero-order valence-electron chi connectivity index (χ0n) is 18.3. The topological polar surface area (TPSA) is 87.2 Å². The van der Waals surface area contributed by atoms with Crippen LogP contribution < -0.4 is 15.5 Å². The number of nitrogens with zero attached hydrogens (tertiary/aromatic N) is 3. The predicted octanol–water partition coefficient (Wildman–Crippen LogP) is 3.93. The highest BCUT2D eigenvalue weighted by molar-refractivity contribution is 5.82. The number of hydrogen-bond acceptors (Lipinski definition) is 5. The van der Waals surface area contributed by atoms with Gasteiger partial charge in [0.25, 0.3) is 0 Å². The molecule has 1 saturated carbocycles. The van der Waals surface area contributed by atoms with Crippen LogP contribution in [0.5, 0.6) is 0 Å². The molecule has 0 radical (unpaired) electrons. The monoisotopic (exact) mass is 421 g/mol. The van der Waals surface area contributed by atoms with Gasteiger partial charge in [0.05, 0.1) is 0 Å². The third-order valence-corrected chi connectivity index (χ3v) is 6.38. The Hall–Kier alpha value is -2.96. The normalized spacial score (nSPS) is 18.9. The SMILES string of the molecule is CC(C)c1ccc(Nc2ncc(C[C@@H]3CCNC3=O)c(N(C=O)C3CCCC3)n2)cc1. The molecule has 164 valence electrons. The summed E-state index contributed by atoms with van der Waals surface area (Å²) in [6.45, 7) is 5.03. The molecular weight excluding hydrogens is 390 g/mol. The number of hydrogen-bond donors (Lipinski definition) is 2. The van der Waals surface area contributed by atoms with Crippen molar-refractivity contribution in [3.8, 4) is 0 Å². The average molecular weight is 422 g/mol. The fraction of sp³-hybridized carbons (Fsp3) is 0.500. The molecule has 1 atom stereocenters. The summed E-state index contributed by atoms with van der Waals surface area (Å²) >= 11 is 0. The largest absolute Gasteiger partial charge is 0.356 e. The van der Waals surface area contributed by atoms with Crippen molar-refractivity contribution in [3.63, 3.8) is 0 Å². The van der Waals surface area contributed by atoms with E-state index in [1.165, 1.54) is 5.56 Å². The molecule has 2 heterocycles. The second kappa shape index (κ2) is 9.45. The number of aromatic nitrogens is 2. The van der Waals surface area contributed by atoms with E-state index in [1.54, 1.807) is 11.1 Å². The second-order valence-electron chi connectivity index (χ2n) is 8.88. The van der Waals surface area contributed by atoms with Crippen LogP contribution in [0.1, 0.15) is 63.0 Å². The first-order valence-corrected chi connectivity index (χ1v) is 11.3. The van der Waals surface area contributed by atoms with E-state index in [9.17, 15) is 9.59 Å². The molecule has 0 spiro atoms. The van der Waals surface area contributed by atoms with Crippen LogP contribution in [0.3, 0.4) is 0 Å². The first kappa shape index (κ1) is 21.3. The van der Waals surface area contributed by atoms with Gasteiger partial charge in [-0.15, -0.1) is 0 Å². The van der Waals surface area contributed by atoms with Crippen LogP contribution in [0.4, 0.5) is 17.5 Å². The van der Waals surface area contributed by atoms with Crippen LogP contribution in [0.15, 0.2) is 30.5 Å². The number of amides is 2. The average Bonchev–Trinajstić information content (AvgIpc) is 3.43. The lowest BCUT2D eigenvalue weighted by Gasteiger charge is -2.26. The summed E-state index contributed by atoms with van der Waals surface area (Å²) in [4.78, 5) is 35.2. The van der Waals surface area contributed by atoms with Gasteiger partial charge < -0.3 is 10.6 Å². The minimum absolute atomic E-state index is 0.0666. The van der Waals surface area contributed by atoms with E-state index in [2.05, 4.69) is 41.6 Å². The molecule has 7 nitrogen and oxygen atoms in total. The number of rotatable bonds is 8. The number of nitrogens with one attached hydrogen (secondary N) is 2. The van der Waals surface area contributed by atoms with Gasteiger partial charge in [-0.3, -0.25) is 14.5 Å². The van der Waals surface area contributed by atoms with Gasteiger partial charge >= 0.3 is 0 Å². The highest BCUT2D eigenvalue weighted by Gasteiger charge is 2.30. The van der Waals surface area contributed by atoms with Crippen molar-refractivity contribution in [1.29, 1.82) is 0 Å². The molecule has 0 bridgehead atoms. The van der Waals surface area contributed by atoms with Crippen LogP contribution in [0.25, 0.3) is 0 Å². The lowest BCUT2D eigenvalue weighted by Crippen LogP contribution is -2.34. The van der Waals surface area contributed by atoms with E-state index in [0.717, 1.165) is 49.8 Å². The van der Waals surface area contributed by atoms with Crippen LogP contribution in [0.2, 0.25) is 0 Å². The van der Waals surface area contributed by atoms with E-state index in [-0.39, 0.29) is 17.9 Å². The van der Waals surface area contributed by atoms with Crippen LogP contribution in [-0.2, 0) is 16.0 Å². The van der Waals surface area contributed by atoms with Crippen molar-refractivity contribution in [3.05, 3.63) is 41.6 Å². The summed E-state index contributed by atoms with van der Waals surface area (Å²) in [6, 6.07) is 8.38. The van der Waals surface area contributed by atoms with Crippen molar-refractivity contribution in [1.82, 2.24) is 15.3 Å². The first-order valence-electron chi connectivity index (χ1n) is 11.3. The zero-order valence-corrected chi connectivity index (χ0v) is 18.3. The lowest BCUT2D eigenvalue weighted by atomic mass is 9.99. The van der Waals surface area contributed by atoms with E-state index < -0.39 is 0 Å². The molecule has 2 fully saturated rings. The smallest absolute Gasteiger partial charge is 0.229 e. The Bertz CT molecular complexity index is 922. The van der Waals surface area contributed by atoms with Gasteiger partial charge in [0.15, 0.2) is 0 Å². The number of benzene rings is 1. The van der Waals surface area contributed by atoms with Crippen LogP contribution >= 0.6 is 0 Å². The molecule has 4 rings (SSSR count). The third kappa shape index (κ3) is 4.86. The molecule has 1 aromatic carbocycles. The molecule has 1 saturated heterocycles. The Morgan fingerprint density at radius 3 is 2.55 bits per heavy atom. The highest BCUT2D eigenvalue weighted by atomic mass is 16.2. The summed E-state index contributed by atoms with van der Waals surface area (Å²) in [5.41, 5.74) is 3.02. The second-order valence-corrected chi connectivity index (χ2v) is 8.88. The number of anilines is 3. The molecule has 2 aromatic rings. The molecule has 1 aliphatic carbocycles. The van der Waals surface area contributed by atoms with Gasteiger partial charge in [-0.05, 0) is 49.3 Å². The standard InChI is InChI=1S/C24H31N5O2/c1-16(2)17-7-9-20(10-8-17)27-24-26-14-19(13-18-11-12-25-23(18)31)22(28-24)29(15-30)21-5-3-4-6-21/h7-10,14-16,18,21H,3-6,11-13H2,1-2H3,(H,25,31)(H,26,27,28)/t18-/m0/s1. The molecule has 0 unspecified atom stereocenters. The van der Waals surface area contributed by atoms with Gasteiger partial charge in [0, 0.05) is 36.0 Å². The maximum absolute atomic E-state index is 12.1. The summed E-state index contributed by atoms with van der Waals surface area (Å²) < 4.78 is 0. The lowest BCUT2D eigenvalue weighted by molar-refractivity contribution is -0.122. The van der Waals surface area contributed by atoms with Crippen LogP contribution in [0, 0.1) is 5.92 Å². The van der Waals surface area contributed by atoms with Gasteiger partial charge in [-0.2, -0.15) is 4.98 Å². The molecule has 7 heteroatoms. The van der Waals surface area contributed by atoms with Gasteiger partial charge in [0.2, 0.25) is 18.3 Å². The summed E-state index contributed by atoms with van der Waals surface area (Å²) in [5.74, 6) is 1.52. The van der Waals surface area contributed by atoms with Crippen molar-refractivity contribution in [2.24, 2.45) is 5.92 Å². The molecule has 31 heavy (non-hydrogen) atoms. The molecule has 1 aliphatic heterocycles. The van der Waals surface area contributed by atoms with Crippen molar-refractivity contribution in [2.45, 2.75) is 64.3 Å². The molecular formula is C24H31N5O2. The Labute approximate surface area is 183 Å². The maximum Gasteiger partial charge on any atom is 0.229 e. The predicted molar refractivity (Wildman–Crippen MR) is 121 cm³/mol. The first-order chi connectivity index (χ1) is 15.0. The molecule has 2 amide bonds. The quantitative estimate of drug-likeness (QED) is 0.631. The van der Waals surface area contributed by atoms with Gasteiger partial charge in [-0.25, -0.2) is 4.98 Å². The third-order valence-electron chi connectivity index (χ3n) is 6.38. The Morgan fingerprint density at radius 2 is 1.94 bits per heavy atom. The summed E-state index contributed by atoms with van der Waals surface area (Å²) in [7, 11) is 0. The Morgan fingerprint density at radius 1 is 1.19 bits per heavy atom. The van der Waals surface area contributed by atoms with E-state index in [0.29, 0.717) is 30.6 Å². The maximum atomic E-state index is 12.1. The van der Waals surface area contributed by atoms with Gasteiger partial charge in [0.1, 0.15) is 5.82 Å². The zero-order chi connectivity index (χ0) is 21.8. The fourth-order valence-electron chi connectivity index (χ4n) is 4.50. The van der Waals surface area contributed by atoms with Gasteiger partial charge in [-0.1, -0.05) is 38.8 Å². The van der Waals surface area contributed by atoms with Crippen molar-refractivity contribution >= 4 is 29.8 Å². The van der Waals surface area contributed by atoms with Crippen molar-refractivity contribution < 1.29 is 9.59 Å².